The van der Waals surface area contributed by atoms with E-state index < -0.39 is 11.5 Å². The second-order valence-electron chi connectivity index (χ2n) is 7.09. The van der Waals surface area contributed by atoms with E-state index in [9.17, 15) is 9.90 Å². The van der Waals surface area contributed by atoms with Crippen LogP contribution in [0.5, 0.6) is 0 Å². The molecule has 1 aromatic carbocycles. The molecule has 0 radical (unpaired) electrons. The van der Waals surface area contributed by atoms with Crippen molar-refractivity contribution in [2.24, 2.45) is 5.41 Å². The van der Waals surface area contributed by atoms with Crippen molar-refractivity contribution in [3.63, 3.8) is 0 Å². The zero-order chi connectivity index (χ0) is 14.9. The Morgan fingerprint density at radius 2 is 1.57 bits per heavy atom. The Morgan fingerprint density at radius 3 is 2.10 bits per heavy atom. The summed E-state index contributed by atoms with van der Waals surface area (Å²) in [6.45, 7) is 2.04. The molecule has 3 nitrogen and oxygen atoms in total. The van der Waals surface area contributed by atoms with E-state index in [0.29, 0.717) is 5.41 Å². The molecule has 2 aliphatic rings. The molecule has 3 rings (SSSR count). The number of benzene rings is 1. The van der Waals surface area contributed by atoms with Gasteiger partial charge in [0.05, 0.1) is 0 Å². The number of aliphatic carboxylic acids is 1. The molecule has 1 spiro atoms. The first-order valence-corrected chi connectivity index (χ1v) is 8.12. The van der Waals surface area contributed by atoms with Gasteiger partial charge in [0, 0.05) is 5.69 Å². The topological polar surface area (TPSA) is 49.3 Å². The molecule has 2 N–H and O–H groups in total. The van der Waals surface area contributed by atoms with Crippen molar-refractivity contribution < 1.29 is 9.90 Å². The van der Waals surface area contributed by atoms with E-state index in [4.69, 9.17) is 0 Å². The summed E-state index contributed by atoms with van der Waals surface area (Å²) in [4.78, 5) is 11.9. The zero-order valence-electron chi connectivity index (χ0n) is 12.8. The highest BCUT2D eigenvalue weighted by Crippen LogP contribution is 2.51. The van der Waals surface area contributed by atoms with E-state index in [1.807, 2.05) is 31.2 Å². The van der Waals surface area contributed by atoms with E-state index in [1.54, 1.807) is 0 Å². The SMILES string of the molecule is Cc1ccc(NC2(C(=O)O)CCC3(CCCC3)CC2)cc1. The smallest absolute Gasteiger partial charge is 0.329 e. The molecule has 2 fully saturated rings. The van der Waals surface area contributed by atoms with Gasteiger partial charge in [-0.2, -0.15) is 0 Å². The van der Waals surface area contributed by atoms with Gasteiger partial charge in [-0.25, -0.2) is 4.79 Å². The van der Waals surface area contributed by atoms with Gasteiger partial charge in [0.1, 0.15) is 5.54 Å². The molecule has 114 valence electrons. The number of aryl methyl sites for hydroxylation is 1. The van der Waals surface area contributed by atoms with Crippen molar-refractivity contribution in [2.45, 2.75) is 63.8 Å². The van der Waals surface area contributed by atoms with Crippen LogP contribution in [0.4, 0.5) is 5.69 Å². The number of rotatable bonds is 3. The Bertz CT molecular complexity index is 505. The van der Waals surface area contributed by atoms with E-state index in [-0.39, 0.29) is 0 Å². The van der Waals surface area contributed by atoms with Gasteiger partial charge in [-0.3, -0.25) is 0 Å². The Labute approximate surface area is 126 Å². The molecule has 0 aromatic heterocycles. The minimum Gasteiger partial charge on any atom is -0.480 e. The summed E-state index contributed by atoms with van der Waals surface area (Å²) < 4.78 is 0. The molecule has 0 unspecified atom stereocenters. The Kier molecular flexibility index (Phi) is 3.68. The average Bonchev–Trinajstić information content (AvgIpc) is 2.93. The normalized spacial score (nSPS) is 23.1. The molecular formula is C18H25NO2. The lowest BCUT2D eigenvalue weighted by molar-refractivity contribution is -0.144. The predicted octanol–water partition coefficient (Wildman–Crippen LogP) is 4.36. The summed E-state index contributed by atoms with van der Waals surface area (Å²) in [6.07, 6.45) is 8.85. The number of carboxylic acids is 1. The number of hydrogen-bond donors (Lipinski definition) is 2. The number of hydrogen-bond acceptors (Lipinski definition) is 2. The van der Waals surface area contributed by atoms with Gasteiger partial charge in [0.25, 0.3) is 0 Å². The van der Waals surface area contributed by atoms with Crippen LogP contribution in [-0.2, 0) is 4.79 Å². The molecule has 0 saturated heterocycles. The van der Waals surface area contributed by atoms with Gasteiger partial charge in [0.2, 0.25) is 0 Å². The van der Waals surface area contributed by atoms with E-state index in [2.05, 4.69) is 5.32 Å². The maximum Gasteiger partial charge on any atom is 0.329 e. The number of anilines is 1. The molecule has 2 saturated carbocycles. The monoisotopic (exact) mass is 287 g/mol. The molecule has 0 bridgehead atoms. The van der Waals surface area contributed by atoms with Crippen molar-refractivity contribution in [2.75, 3.05) is 5.32 Å². The van der Waals surface area contributed by atoms with Crippen LogP contribution in [0.2, 0.25) is 0 Å². The van der Waals surface area contributed by atoms with Crippen LogP contribution in [0.15, 0.2) is 24.3 Å². The van der Waals surface area contributed by atoms with E-state index in [0.717, 1.165) is 31.4 Å². The highest BCUT2D eigenvalue weighted by Gasteiger charge is 2.48. The van der Waals surface area contributed by atoms with E-state index in [1.165, 1.54) is 31.2 Å². The van der Waals surface area contributed by atoms with Gasteiger partial charge in [-0.15, -0.1) is 0 Å². The molecular weight excluding hydrogens is 262 g/mol. The molecule has 21 heavy (non-hydrogen) atoms. The quantitative estimate of drug-likeness (QED) is 0.868. The third kappa shape index (κ3) is 2.78. The third-order valence-corrected chi connectivity index (χ3v) is 5.67. The largest absolute Gasteiger partial charge is 0.480 e. The third-order valence-electron chi connectivity index (χ3n) is 5.67. The maximum atomic E-state index is 11.9. The Balaban J connectivity index is 1.75. The van der Waals surface area contributed by atoms with Crippen molar-refractivity contribution in [3.8, 4) is 0 Å². The summed E-state index contributed by atoms with van der Waals surface area (Å²) in [5, 5.41) is 13.1. The van der Waals surface area contributed by atoms with Gasteiger partial charge in [0.15, 0.2) is 0 Å². The lowest BCUT2D eigenvalue weighted by atomic mass is 9.66. The summed E-state index contributed by atoms with van der Waals surface area (Å²) in [5.74, 6) is -0.698. The van der Waals surface area contributed by atoms with Gasteiger partial charge >= 0.3 is 5.97 Å². The zero-order valence-corrected chi connectivity index (χ0v) is 12.8. The van der Waals surface area contributed by atoms with Crippen LogP contribution in [0.1, 0.15) is 56.9 Å². The number of carboxylic acid groups (broad SMARTS) is 1. The van der Waals surface area contributed by atoms with Crippen LogP contribution < -0.4 is 5.32 Å². The first kappa shape index (κ1) is 14.4. The highest BCUT2D eigenvalue weighted by molar-refractivity contribution is 5.83. The Morgan fingerprint density at radius 1 is 1.00 bits per heavy atom. The fourth-order valence-corrected chi connectivity index (χ4v) is 4.14. The van der Waals surface area contributed by atoms with Crippen molar-refractivity contribution >= 4 is 11.7 Å². The van der Waals surface area contributed by atoms with Gasteiger partial charge < -0.3 is 10.4 Å². The predicted molar refractivity (Wildman–Crippen MR) is 84.5 cm³/mol. The molecule has 0 atom stereocenters. The van der Waals surface area contributed by atoms with Crippen molar-refractivity contribution in [1.82, 2.24) is 0 Å². The molecule has 0 amide bonds. The van der Waals surface area contributed by atoms with Gasteiger partial charge in [-0.05, 0) is 63.0 Å². The van der Waals surface area contributed by atoms with Crippen molar-refractivity contribution in [1.29, 1.82) is 0 Å². The highest BCUT2D eigenvalue weighted by atomic mass is 16.4. The van der Waals surface area contributed by atoms with Crippen LogP contribution in [0.3, 0.4) is 0 Å². The molecule has 0 aliphatic heterocycles. The first-order valence-electron chi connectivity index (χ1n) is 8.12. The maximum absolute atomic E-state index is 11.9. The Hall–Kier alpha value is -1.51. The number of nitrogens with one attached hydrogen (secondary N) is 1. The lowest BCUT2D eigenvalue weighted by Crippen LogP contribution is -2.50. The van der Waals surface area contributed by atoms with E-state index >= 15 is 0 Å². The fourth-order valence-electron chi connectivity index (χ4n) is 4.14. The lowest BCUT2D eigenvalue weighted by Gasteiger charge is -2.43. The second kappa shape index (κ2) is 5.36. The summed E-state index contributed by atoms with van der Waals surface area (Å²) >= 11 is 0. The second-order valence-corrected chi connectivity index (χ2v) is 7.09. The molecule has 2 aliphatic carbocycles. The van der Waals surface area contributed by atoms with Crippen LogP contribution in [0.25, 0.3) is 0 Å². The summed E-state index contributed by atoms with van der Waals surface area (Å²) in [7, 11) is 0. The minimum atomic E-state index is -0.775. The minimum absolute atomic E-state index is 0.452. The van der Waals surface area contributed by atoms with Crippen LogP contribution >= 0.6 is 0 Å². The van der Waals surface area contributed by atoms with Gasteiger partial charge in [-0.1, -0.05) is 30.5 Å². The van der Waals surface area contributed by atoms with Crippen molar-refractivity contribution in [3.05, 3.63) is 29.8 Å². The van der Waals surface area contributed by atoms with Crippen LogP contribution in [0, 0.1) is 12.3 Å². The summed E-state index contributed by atoms with van der Waals surface area (Å²) in [5.41, 5.74) is 1.79. The molecule has 0 heterocycles. The summed E-state index contributed by atoms with van der Waals surface area (Å²) in [6, 6.07) is 8.03. The standard InChI is InChI=1S/C18H25NO2/c1-14-4-6-15(7-5-14)19-18(16(20)21)12-10-17(11-13-18)8-2-3-9-17/h4-7,19H,2-3,8-13H2,1H3,(H,20,21). The molecule has 3 heteroatoms. The van der Waals surface area contributed by atoms with Crippen LogP contribution in [-0.4, -0.2) is 16.6 Å². The number of carbonyl (C=O) groups is 1. The fraction of sp³-hybridized carbons (Fsp3) is 0.611. The molecule has 1 aromatic rings. The average molecular weight is 287 g/mol. The first-order chi connectivity index (χ1) is 10.0.